The van der Waals surface area contributed by atoms with E-state index in [-0.39, 0.29) is 4.90 Å². The maximum absolute atomic E-state index is 11.4. The molecule has 0 amide bonds. The van der Waals surface area contributed by atoms with Crippen molar-refractivity contribution < 1.29 is 17.9 Å². The Morgan fingerprint density at radius 3 is 2.21 bits per heavy atom. The van der Waals surface area contributed by atoms with Crippen molar-refractivity contribution in [3.8, 4) is 0 Å². The lowest BCUT2D eigenvalue weighted by Crippen LogP contribution is -2.14. The number of hydrogen-bond acceptors (Lipinski definition) is 4. The first-order valence-corrected chi connectivity index (χ1v) is 5.43. The predicted molar refractivity (Wildman–Crippen MR) is 51.0 cm³/mol. The molecule has 0 fully saturated rings. The van der Waals surface area contributed by atoms with Crippen molar-refractivity contribution in [3.05, 3.63) is 29.3 Å². The van der Waals surface area contributed by atoms with E-state index in [4.69, 9.17) is 11.6 Å². The number of methoxy groups -OCH3 is 1. The fourth-order valence-electron chi connectivity index (χ4n) is 0.820. The van der Waals surface area contributed by atoms with Crippen LogP contribution in [0.5, 0.6) is 0 Å². The fourth-order valence-corrected chi connectivity index (χ4v) is 1.85. The molecule has 0 radical (unpaired) electrons. The van der Waals surface area contributed by atoms with Gasteiger partial charge >= 0.3 is 5.30 Å². The van der Waals surface area contributed by atoms with Crippen molar-refractivity contribution in [2.24, 2.45) is 0 Å². The van der Waals surface area contributed by atoms with E-state index in [0.717, 1.165) is 7.11 Å². The molecule has 0 heterocycles. The Hall–Kier alpha value is -1.07. The number of sulfone groups is 1. The Labute approximate surface area is 86.4 Å². The van der Waals surface area contributed by atoms with Crippen molar-refractivity contribution in [1.82, 2.24) is 0 Å². The molecule has 0 aliphatic carbocycles. The van der Waals surface area contributed by atoms with Crippen LogP contribution in [0.15, 0.2) is 29.2 Å². The Morgan fingerprint density at radius 2 is 1.79 bits per heavy atom. The zero-order chi connectivity index (χ0) is 10.8. The van der Waals surface area contributed by atoms with Crippen LogP contribution < -0.4 is 0 Å². The van der Waals surface area contributed by atoms with Crippen LogP contribution in [-0.2, 0) is 14.6 Å². The van der Waals surface area contributed by atoms with Crippen LogP contribution in [-0.4, -0.2) is 20.8 Å². The Morgan fingerprint density at radius 1 is 1.29 bits per heavy atom. The lowest BCUT2D eigenvalue weighted by atomic mass is 10.4. The molecule has 0 aliphatic heterocycles. The van der Waals surface area contributed by atoms with Crippen molar-refractivity contribution in [2.45, 2.75) is 4.90 Å². The quantitative estimate of drug-likeness (QED) is 0.696. The summed E-state index contributed by atoms with van der Waals surface area (Å²) >= 11 is 5.56. The summed E-state index contributed by atoms with van der Waals surface area (Å²) in [6, 6.07) is 5.26. The molecule has 0 bridgehead atoms. The normalized spacial score (nSPS) is 11.0. The molecule has 0 unspecified atom stereocenters. The van der Waals surface area contributed by atoms with Crippen LogP contribution in [0.2, 0.25) is 5.02 Å². The Balaban J connectivity index is 3.18. The Bertz CT molecular complexity index is 435. The van der Waals surface area contributed by atoms with Crippen LogP contribution in [0, 0.1) is 0 Å². The van der Waals surface area contributed by atoms with Gasteiger partial charge in [-0.2, -0.15) is 0 Å². The van der Waals surface area contributed by atoms with E-state index in [1.165, 1.54) is 24.3 Å². The van der Waals surface area contributed by atoms with E-state index < -0.39 is 15.1 Å². The van der Waals surface area contributed by atoms with Crippen molar-refractivity contribution in [1.29, 1.82) is 0 Å². The largest absolute Gasteiger partial charge is 0.457 e. The molecule has 0 saturated carbocycles. The molecule has 0 atom stereocenters. The second kappa shape index (κ2) is 3.98. The standard InChI is InChI=1S/C8H7ClO4S/c1-13-8(10)14(11,12)7-4-2-6(9)3-5-7/h2-5H,1H3. The number of ether oxygens (including phenoxy) is 1. The minimum absolute atomic E-state index is 0.131. The van der Waals surface area contributed by atoms with Crippen LogP contribution in [0.3, 0.4) is 0 Å². The van der Waals surface area contributed by atoms with Gasteiger partial charge in [0.05, 0.1) is 12.0 Å². The molecule has 0 N–H and O–H groups in total. The summed E-state index contributed by atoms with van der Waals surface area (Å²) in [6.45, 7) is 0. The SMILES string of the molecule is COC(=O)S(=O)(=O)c1ccc(Cl)cc1. The molecule has 6 heteroatoms. The maximum Gasteiger partial charge on any atom is 0.429 e. The number of carbonyl (C=O) groups excluding carboxylic acids is 1. The van der Waals surface area contributed by atoms with Gasteiger partial charge in [-0.3, -0.25) is 0 Å². The van der Waals surface area contributed by atoms with E-state index in [1.54, 1.807) is 0 Å². The van der Waals surface area contributed by atoms with Crippen LogP contribution in [0.1, 0.15) is 0 Å². The van der Waals surface area contributed by atoms with Gasteiger partial charge in [-0.15, -0.1) is 0 Å². The first kappa shape index (κ1) is 11.0. The van der Waals surface area contributed by atoms with Gasteiger partial charge in [0.1, 0.15) is 0 Å². The molecular formula is C8H7ClO4S. The molecule has 1 aromatic carbocycles. The van der Waals surface area contributed by atoms with Gasteiger partial charge in [0.25, 0.3) is 9.84 Å². The van der Waals surface area contributed by atoms with E-state index in [1.807, 2.05) is 0 Å². The highest BCUT2D eigenvalue weighted by molar-refractivity contribution is 8.05. The summed E-state index contributed by atoms with van der Waals surface area (Å²) in [5.74, 6) is 0. The number of benzene rings is 1. The molecule has 1 aromatic rings. The molecular weight excluding hydrogens is 228 g/mol. The van der Waals surface area contributed by atoms with Crippen LogP contribution in [0.25, 0.3) is 0 Å². The first-order valence-electron chi connectivity index (χ1n) is 3.57. The molecule has 1 rings (SSSR count). The van der Waals surface area contributed by atoms with E-state index in [2.05, 4.69) is 4.74 Å². The molecule has 4 nitrogen and oxygen atoms in total. The number of hydrogen-bond donors (Lipinski definition) is 0. The second-order valence-electron chi connectivity index (χ2n) is 2.41. The highest BCUT2D eigenvalue weighted by Gasteiger charge is 2.25. The van der Waals surface area contributed by atoms with E-state index >= 15 is 0 Å². The summed E-state index contributed by atoms with van der Waals surface area (Å²) in [6.07, 6.45) is 0. The summed E-state index contributed by atoms with van der Waals surface area (Å²) in [5.41, 5.74) is 0. The maximum atomic E-state index is 11.4. The topological polar surface area (TPSA) is 60.4 Å². The van der Waals surface area contributed by atoms with Crippen LogP contribution in [0.4, 0.5) is 4.79 Å². The summed E-state index contributed by atoms with van der Waals surface area (Å²) in [5, 5.41) is -0.881. The van der Waals surface area contributed by atoms with Gasteiger partial charge in [0, 0.05) is 5.02 Å². The predicted octanol–water partition coefficient (Wildman–Crippen LogP) is 1.88. The fraction of sp³-hybridized carbons (Fsp3) is 0.125. The number of halogens is 1. The molecule has 76 valence electrons. The van der Waals surface area contributed by atoms with Crippen molar-refractivity contribution in [2.75, 3.05) is 7.11 Å². The minimum Gasteiger partial charge on any atom is -0.457 e. The number of carbonyl (C=O) groups is 1. The number of rotatable bonds is 1. The highest BCUT2D eigenvalue weighted by atomic mass is 35.5. The van der Waals surface area contributed by atoms with Crippen LogP contribution >= 0.6 is 11.6 Å². The van der Waals surface area contributed by atoms with Gasteiger partial charge in [-0.1, -0.05) is 11.6 Å². The monoisotopic (exact) mass is 234 g/mol. The Kier molecular flexibility index (Phi) is 3.13. The van der Waals surface area contributed by atoms with Crippen molar-refractivity contribution in [3.63, 3.8) is 0 Å². The highest BCUT2D eigenvalue weighted by Crippen LogP contribution is 2.16. The molecule has 14 heavy (non-hydrogen) atoms. The van der Waals surface area contributed by atoms with E-state index in [0.29, 0.717) is 5.02 Å². The zero-order valence-corrected chi connectivity index (χ0v) is 8.80. The lowest BCUT2D eigenvalue weighted by molar-refractivity contribution is 0.197. The minimum atomic E-state index is -4.03. The third kappa shape index (κ3) is 2.05. The molecule has 0 saturated heterocycles. The molecule has 0 spiro atoms. The first-order chi connectivity index (χ1) is 6.48. The third-order valence-electron chi connectivity index (χ3n) is 1.51. The summed E-state index contributed by atoms with van der Waals surface area (Å²) in [4.78, 5) is 10.7. The smallest absolute Gasteiger partial charge is 0.429 e. The zero-order valence-electron chi connectivity index (χ0n) is 7.23. The van der Waals surface area contributed by atoms with Crippen molar-refractivity contribution >= 4 is 26.7 Å². The van der Waals surface area contributed by atoms with Gasteiger partial charge in [0.15, 0.2) is 0 Å². The average molecular weight is 235 g/mol. The molecule has 0 aliphatic rings. The second-order valence-corrected chi connectivity index (χ2v) is 4.66. The van der Waals surface area contributed by atoms with Gasteiger partial charge in [-0.05, 0) is 24.3 Å². The van der Waals surface area contributed by atoms with Gasteiger partial charge in [-0.25, -0.2) is 13.2 Å². The summed E-state index contributed by atoms with van der Waals surface area (Å²) < 4.78 is 26.9. The summed E-state index contributed by atoms with van der Waals surface area (Å²) in [7, 11) is -3.02. The third-order valence-corrected chi connectivity index (χ3v) is 3.26. The van der Waals surface area contributed by atoms with E-state index in [9.17, 15) is 13.2 Å². The average Bonchev–Trinajstić information content (AvgIpc) is 2.17. The van der Waals surface area contributed by atoms with Gasteiger partial charge < -0.3 is 4.74 Å². The van der Waals surface area contributed by atoms with Gasteiger partial charge in [0.2, 0.25) is 0 Å². The lowest BCUT2D eigenvalue weighted by Gasteiger charge is -2.01. The molecule has 0 aromatic heterocycles.